The van der Waals surface area contributed by atoms with E-state index in [0.29, 0.717) is 11.1 Å². The first kappa shape index (κ1) is 19.2. The van der Waals surface area contributed by atoms with Crippen molar-refractivity contribution in [3.63, 3.8) is 0 Å². The van der Waals surface area contributed by atoms with Gasteiger partial charge in [-0.25, -0.2) is 13.2 Å². The summed E-state index contributed by atoms with van der Waals surface area (Å²) < 4.78 is 38.7. The molecule has 0 aromatic heterocycles. The number of ether oxygens (including phenoxy) is 2. The lowest BCUT2D eigenvalue weighted by atomic mass is 10.2. The molecule has 134 valence electrons. The van der Waals surface area contributed by atoms with Crippen molar-refractivity contribution in [1.82, 2.24) is 0 Å². The van der Waals surface area contributed by atoms with E-state index >= 15 is 0 Å². The van der Waals surface area contributed by atoms with Gasteiger partial charge in [-0.1, -0.05) is 15.9 Å². The minimum Gasteiger partial charge on any atom is -0.490 e. The molecule has 0 bridgehead atoms. The summed E-state index contributed by atoms with van der Waals surface area (Å²) in [6.07, 6.45) is 0. The highest BCUT2D eigenvalue weighted by atomic mass is 79.9. The first-order chi connectivity index (χ1) is 11.8. The molecular weight excluding hydrogens is 414 g/mol. The molecular formula is C16H16BrNO6S. The summed E-state index contributed by atoms with van der Waals surface area (Å²) >= 11 is 3.24. The van der Waals surface area contributed by atoms with Crippen LogP contribution in [0.15, 0.2) is 51.8 Å². The van der Waals surface area contributed by atoms with Gasteiger partial charge in [-0.05, 0) is 42.5 Å². The number of hydrogen-bond acceptors (Lipinski definition) is 5. The monoisotopic (exact) mass is 429 g/mol. The van der Waals surface area contributed by atoms with Gasteiger partial charge in [-0.3, -0.25) is 4.72 Å². The Bertz CT molecular complexity index is 851. The van der Waals surface area contributed by atoms with Crippen LogP contribution in [0.1, 0.15) is 10.4 Å². The highest BCUT2D eigenvalue weighted by molar-refractivity contribution is 9.10. The van der Waals surface area contributed by atoms with Crippen LogP contribution < -0.4 is 9.46 Å². The second-order valence-corrected chi connectivity index (χ2v) is 7.49. The smallest absolute Gasteiger partial charge is 0.335 e. The van der Waals surface area contributed by atoms with Gasteiger partial charge in [0.05, 0.1) is 12.2 Å². The number of halogens is 1. The highest BCUT2D eigenvalue weighted by Gasteiger charge is 2.20. The first-order valence-electron chi connectivity index (χ1n) is 7.11. The van der Waals surface area contributed by atoms with Crippen LogP contribution in [0.5, 0.6) is 5.75 Å². The predicted molar refractivity (Wildman–Crippen MR) is 95.7 cm³/mol. The van der Waals surface area contributed by atoms with E-state index in [1.54, 1.807) is 12.1 Å². The number of methoxy groups -OCH3 is 1. The quantitative estimate of drug-likeness (QED) is 0.625. The molecule has 9 heteroatoms. The summed E-state index contributed by atoms with van der Waals surface area (Å²) in [5.74, 6) is -0.898. The third-order valence-electron chi connectivity index (χ3n) is 3.12. The molecule has 0 fully saturated rings. The Kier molecular flexibility index (Phi) is 6.40. The Morgan fingerprint density at radius 3 is 2.44 bits per heavy atom. The normalized spacial score (nSPS) is 11.1. The lowest BCUT2D eigenvalue weighted by Gasteiger charge is -2.14. The Morgan fingerprint density at radius 1 is 1.16 bits per heavy atom. The van der Waals surface area contributed by atoms with Gasteiger partial charge in [0.2, 0.25) is 0 Å². The molecule has 0 spiro atoms. The number of carbonyl (C=O) groups is 1. The van der Waals surface area contributed by atoms with Crippen molar-refractivity contribution in [2.75, 3.05) is 25.0 Å². The average molecular weight is 430 g/mol. The zero-order chi connectivity index (χ0) is 18.4. The molecule has 7 nitrogen and oxygen atoms in total. The van der Waals surface area contributed by atoms with Gasteiger partial charge >= 0.3 is 5.97 Å². The van der Waals surface area contributed by atoms with E-state index in [1.807, 2.05) is 0 Å². The number of hydrogen-bond donors (Lipinski definition) is 2. The van der Waals surface area contributed by atoms with E-state index in [1.165, 1.54) is 37.4 Å². The van der Waals surface area contributed by atoms with Crippen LogP contribution >= 0.6 is 15.9 Å². The molecule has 0 saturated heterocycles. The third kappa shape index (κ3) is 5.18. The van der Waals surface area contributed by atoms with E-state index in [4.69, 9.17) is 14.6 Å². The van der Waals surface area contributed by atoms with Crippen LogP contribution in [0, 0.1) is 0 Å². The van der Waals surface area contributed by atoms with Crippen LogP contribution in [-0.4, -0.2) is 39.8 Å². The topological polar surface area (TPSA) is 102 Å². The number of benzene rings is 2. The summed E-state index contributed by atoms with van der Waals surface area (Å²) in [5.41, 5.74) is 0.307. The van der Waals surface area contributed by atoms with Crippen LogP contribution in [0.2, 0.25) is 0 Å². The molecule has 0 amide bonds. The molecule has 2 aromatic rings. The van der Waals surface area contributed by atoms with E-state index < -0.39 is 16.0 Å². The molecule has 0 atom stereocenters. The standard InChI is InChI=1S/C16H16BrNO6S/c1-23-8-9-24-14-7-4-12(17)10-15(14)25(21,22)18-13-5-2-11(3-6-13)16(19)20/h2-7,10,18H,8-9H2,1H3,(H,19,20). The Hall–Kier alpha value is -2.10. The highest BCUT2D eigenvalue weighted by Crippen LogP contribution is 2.29. The first-order valence-corrected chi connectivity index (χ1v) is 9.38. The number of carboxylic acid groups (broad SMARTS) is 1. The van der Waals surface area contributed by atoms with Gasteiger partial charge in [0.15, 0.2) is 0 Å². The fourth-order valence-corrected chi connectivity index (χ4v) is 3.68. The van der Waals surface area contributed by atoms with Gasteiger partial charge in [-0.15, -0.1) is 0 Å². The summed E-state index contributed by atoms with van der Waals surface area (Å²) in [6, 6.07) is 10.0. The molecule has 2 aromatic carbocycles. The van der Waals surface area contributed by atoms with E-state index in [-0.39, 0.29) is 28.5 Å². The zero-order valence-electron chi connectivity index (χ0n) is 13.2. The van der Waals surface area contributed by atoms with Gasteiger partial charge < -0.3 is 14.6 Å². The van der Waals surface area contributed by atoms with E-state index in [9.17, 15) is 13.2 Å². The van der Waals surface area contributed by atoms with Crippen molar-refractivity contribution in [2.24, 2.45) is 0 Å². The summed E-state index contributed by atoms with van der Waals surface area (Å²) in [5, 5.41) is 8.89. The Labute approximate surface area is 153 Å². The molecule has 0 aliphatic rings. The fraction of sp³-hybridized carbons (Fsp3) is 0.188. The summed E-state index contributed by atoms with van der Waals surface area (Å²) in [4.78, 5) is 10.8. The lowest BCUT2D eigenvalue weighted by molar-refractivity contribution is 0.0697. The third-order valence-corrected chi connectivity index (χ3v) is 5.02. The Morgan fingerprint density at radius 2 is 1.84 bits per heavy atom. The summed E-state index contributed by atoms with van der Waals surface area (Å²) in [7, 11) is -2.41. The van der Waals surface area contributed by atoms with Gasteiger partial charge in [-0.2, -0.15) is 0 Å². The number of nitrogens with one attached hydrogen (secondary N) is 1. The van der Waals surface area contributed by atoms with Crippen molar-refractivity contribution in [3.05, 3.63) is 52.5 Å². The van der Waals surface area contributed by atoms with Crippen molar-refractivity contribution < 1.29 is 27.8 Å². The van der Waals surface area contributed by atoms with Gasteiger partial charge in [0.25, 0.3) is 10.0 Å². The number of aromatic carboxylic acids is 1. The molecule has 0 aliphatic heterocycles. The van der Waals surface area contributed by atoms with E-state index in [2.05, 4.69) is 20.7 Å². The molecule has 0 aliphatic carbocycles. The molecule has 0 saturated carbocycles. The number of sulfonamides is 1. The van der Waals surface area contributed by atoms with Gasteiger partial charge in [0.1, 0.15) is 17.3 Å². The van der Waals surface area contributed by atoms with E-state index in [0.717, 1.165) is 0 Å². The van der Waals surface area contributed by atoms with Crippen molar-refractivity contribution >= 4 is 37.6 Å². The zero-order valence-corrected chi connectivity index (χ0v) is 15.6. The van der Waals surface area contributed by atoms with Crippen molar-refractivity contribution in [3.8, 4) is 5.75 Å². The minimum absolute atomic E-state index is 0.0414. The largest absolute Gasteiger partial charge is 0.490 e. The lowest BCUT2D eigenvalue weighted by Crippen LogP contribution is -2.15. The van der Waals surface area contributed by atoms with Crippen LogP contribution in [0.4, 0.5) is 5.69 Å². The second kappa shape index (κ2) is 8.32. The fourth-order valence-electron chi connectivity index (χ4n) is 1.94. The molecule has 25 heavy (non-hydrogen) atoms. The SMILES string of the molecule is COCCOc1ccc(Br)cc1S(=O)(=O)Nc1ccc(C(=O)O)cc1. The van der Waals surface area contributed by atoms with Crippen molar-refractivity contribution in [2.45, 2.75) is 4.90 Å². The Balaban J connectivity index is 2.28. The molecule has 2 N–H and O–H groups in total. The van der Waals surface area contributed by atoms with Crippen LogP contribution in [0.25, 0.3) is 0 Å². The number of anilines is 1. The molecule has 0 radical (unpaired) electrons. The van der Waals surface area contributed by atoms with Crippen molar-refractivity contribution in [1.29, 1.82) is 0 Å². The predicted octanol–water partition coefficient (Wildman–Crippen LogP) is 2.97. The molecule has 0 heterocycles. The molecule has 2 rings (SSSR count). The second-order valence-electron chi connectivity index (χ2n) is 4.92. The maximum atomic E-state index is 12.7. The maximum absolute atomic E-state index is 12.7. The van der Waals surface area contributed by atoms with Crippen LogP contribution in [-0.2, 0) is 14.8 Å². The van der Waals surface area contributed by atoms with Gasteiger partial charge in [0, 0.05) is 17.3 Å². The minimum atomic E-state index is -3.93. The number of rotatable bonds is 8. The maximum Gasteiger partial charge on any atom is 0.335 e. The molecule has 0 unspecified atom stereocenters. The number of carboxylic acids is 1. The van der Waals surface area contributed by atoms with Crippen LogP contribution in [0.3, 0.4) is 0 Å². The summed E-state index contributed by atoms with van der Waals surface area (Å²) in [6.45, 7) is 0.521. The average Bonchev–Trinajstić information content (AvgIpc) is 2.56.